The first-order valence-corrected chi connectivity index (χ1v) is 8.35. The molecule has 3 rings (SSSR count). The molecule has 2 N–H and O–H groups in total. The predicted molar refractivity (Wildman–Crippen MR) is 83.8 cm³/mol. The molecule has 1 aliphatic carbocycles. The highest BCUT2D eigenvalue weighted by Crippen LogP contribution is 2.45. The van der Waals surface area contributed by atoms with Crippen LogP contribution in [0.25, 0.3) is 0 Å². The van der Waals surface area contributed by atoms with E-state index < -0.39 is 42.1 Å². The van der Waals surface area contributed by atoms with Crippen molar-refractivity contribution in [3.05, 3.63) is 27.2 Å². The van der Waals surface area contributed by atoms with Gasteiger partial charge in [-0.2, -0.15) is 23.4 Å². The van der Waals surface area contributed by atoms with E-state index in [9.17, 15) is 26.7 Å². The van der Waals surface area contributed by atoms with E-state index in [0.717, 1.165) is 17.5 Å². The molecule has 1 aliphatic rings. The van der Waals surface area contributed by atoms with Crippen LogP contribution in [0.2, 0.25) is 0 Å². The van der Waals surface area contributed by atoms with Gasteiger partial charge >= 0.3 is 6.18 Å². The van der Waals surface area contributed by atoms with Crippen molar-refractivity contribution in [1.29, 1.82) is 0 Å². The first kappa shape index (κ1) is 18.8. The fraction of sp³-hybridized carbons (Fsp3) is 0.500. The maximum atomic E-state index is 13.0. The summed E-state index contributed by atoms with van der Waals surface area (Å²) in [4.78, 5) is 12.2. The Kier molecular flexibility index (Phi) is 4.80. The van der Waals surface area contributed by atoms with Crippen LogP contribution in [0.3, 0.4) is 0 Å². The van der Waals surface area contributed by atoms with Gasteiger partial charge in [0.15, 0.2) is 5.69 Å². The van der Waals surface area contributed by atoms with Crippen LogP contribution in [-0.4, -0.2) is 25.9 Å². The van der Waals surface area contributed by atoms with Gasteiger partial charge in [0.05, 0.1) is 21.5 Å². The molecule has 142 valence electrons. The predicted octanol–water partition coefficient (Wildman–Crippen LogP) is 4.15. The van der Waals surface area contributed by atoms with Crippen LogP contribution < -0.4 is 5.32 Å². The van der Waals surface area contributed by atoms with Gasteiger partial charge in [0.1, 0.15) is 12.2 Å². The second-order valence-electron chi connectivity index (χ2n) is 5.94. The highest BCUT2D eigenvalue weighted by molar-refractivity contribution is 9.10. The molecule has 0 unspecified atom stereocenters. The third kappa shape index (κ3) is 3.60. The van der Waals surface area contributed by atoms with Crippen molar-refractivity contribution in [2.24, 2.45) is 0 Å². The maximum absolute atomic E-state index is 13.0. The quantitative estimate of drug-likeness (QED) is 0.684. The Morgan fingerprint density at radius 1 is 1.42 bits per heavy atom. The lowest BCUT2D eigenvalue weighted by Gasteiger charge is -2.10. The average molecular weight is 442 g/mol. The van der Waals surface area contributed by atoms with Crippen LogP contribution >= 0.6 is 15.9 Å². The summed E-state index contributed by atoms with van der Waals surface area (Å²) in [6, 6.07) is 0. The molecule has 2 heterocycles. The second-order valence-corrected chi connectivity index (χ2v) is 6.73. The van der Waals surface area contributed by atoms with Gasteiger partial charge in [-0.3, -0.25) is 14.6 Å². The first-order chi connectivity index (χ1) is 12.1. The molecule has 1 saturated carbocycles. The normalized spacial score (nSPS) is 14.9. The lowest BCUT2D eigenvalue weighted by atomic mass is 10.2. The van der Waals surface area contributed by atoms with Gasteiger partial charge in [0.25, 0.3) is 6.43 Å². The molecule has 0 aromatic carbocycles. The molecule has 26 heavy (non-hydrogen) atoms. The molecule has 0 bridgehead atoms. The number of amides is 1. The summed E-state index contributed by atoms with van der Waals surface area (Å²) < 4.78 is 66.1. The summed E-state index contributed by atoms with van der Waals surface area (Å²) >= 11 is 3.08. The maximum Gasteiger partial charge on any atom is 0.437 e. The van der Waals surface area contributed by atoms with Gasteiger partial charge in [0, 0.05) is 5.92 Å². The van der Waals surface area contributed by atoms with Crippen molar-refractivity contribution in [2.75, 3.05) is 5.32 Å². The molecular weight excluding hydrogens is 429 g/mol. The van der Waals surface area contributed by atoms with E-state index >= 15 is 0 Å². The van der Waals surface area contributed by atoms with Crippen LogP contribution in [0, 0.1) is 6.92 Å². The minimum absolute atomic E-state index is 0.00132. The number of aromatic amines is 1. The Balaban J connectivity index is 1.84. The average Bonchev–Trinajstić information content (AvgIpc) is 3.20. The number of hydrogen-bond donors (Lipinski definition) is 2. The molecule has 6 nitrogen and oxygen atoms in total. The third-order valence-corrected chi connectivity index (χ3v) is 4.71. The van der Waals surface area contributed by atoms with Crippen LogP contribution in [0.15, 0.2) is 4.47 Å². The largest absolute Gasteiger partial charge is 0.437 e. The zero-order chi connectivity index (χ0) is 19.2. The van der Waals surface area contributed by atoms with E-state index in [2.05, 4.69) is 36.5 Å². The summed E-state index contributed by atoms with van der Waals surface area (Å²) in [5.74, 6) is -0.823. The Labute approximate surface area is 152 Å². The molecule has 0 spiro atoms. The van der Waals surface area contributed by atoms with Crippen LogP contribution in [0.5, 0.6) is 0 Å². The standard InChI is InChI=1S/C14H13BrF5N5O/c1-5-9(12(23-22-5)14(18,19)20)21-7(26)4-25-11(6-2-3-6)8(15)10(24-25)13(16)17/h6,13H,2-4H2,1H3,(H,21,26)(H,22,23). The number of nitrogens with one attached hydrogen (secondary N) is 2. The van der Waals surface area contributed by atoms with E-state index in [1.165, 1.54) is 6.92 Å². The number of carbonyl (C=O) groups is 1. The first-order valence-electron chi connectivity index (χ1n) is 7.55. The van der Waals surface area contributed by atoms with Crippen molar-refractivity contribution >= 4 is 27.5 Å². The van der Waals surface area contributed by atoms with Gasteiger partial charge in [0.2, 0.25) is 5.91 Å². The summed E-state index contributed by atoms with van der Waals surface area (Å²) in [6.07, 6.45) is -6.04. The second kappa shape index (κ2) is 6.63. The molecule has 0 aliphatic heterocycles. The van der Waals surface area contributed by atoms with Gasteiger partial charge < -0.3 is 5.32 Å². The molecule has 0 saturated heterocycles. The van der Waals surface area contributed by atoms with E-state index in [4.69, 9.17) is 0 Å². The number of aromatic nitrogens is 4. The Morgan fingerprint density at radius 2 is 2.08 bits per heavy atom. The summed E-state index contributed by atoms with van der Waals surface area (Å²) in [5.41, 5.74) is -1.75. The Bertz CT molecular complexity index is 840. The number of alkyl halides is 5. The van der Waals surface area contributed by atoms with E-state index in [1.54, 1.807) is 0 Å². The number of carbonyl (C=O) groups excluding carboxylic acids is 1. The molecule has 1 amide bonds. The van der Waals surface area contributed by atoms with E-state index in [0.29, 0.717) is 5.69 Å². The van der Waals surface area contributed by atoms with Gasteiger partial charge in [-0.15, -0.1) is 0 Å². The van der Waals surface area contributed by atoms with Gasteiger partial charge in [-0.25, -0.2) is 8.78 Å². The zero-order valence-electron chi connectivity index (χ0n) is 13.3. The Morgan fingerprint density at radius 3 is 2.62 bits per heavy atom. The molecular formula is C14H13BrF5N5O. The van der Waals surface area contributed by atoms with Crippen molar-refractivity contribution in [3.8, 4) is 0 Å². The lowest BCUT2D eigenvalue weighted by Crippen LogP contribution is -2.22. The molecule has 2 aromatic rings. The van der Waals surface area contributed by atoms with Crippen molar-refractivity contribution in [2.45, 2.75) is 44.8 Å². The number of rotatable bonds is 5. The minimum Gasteiger partial charge on any atom is -0.321 e. The molecule has 0 radical (unpaired) electrons. The molecule has 1 fully saturated rings. The zero-order valence-corrected chi connectivity index (χ0v) is 14.9. The monoisotopic (exact) mass is 441 g/mol. The highest BCUT2D eigenvalue weighted by atomic mass is 79.9. The fourth-order valence-corrected chi connectivity index (χ4v) is 3.36. The van der Waals surface area contributed by atoms with Crippen molar-refractivity contribution in [1.82, 2.24) is 20.0 Å². The van der Waals surface area contributed by atoms with E-state index in [-0.39, 0.29) is 16.1 Å². The number of H-pyrrole nitrogens is 1. The van der Waals surface area contributed by atoms with Crippen molar-refractivity contribution < 1.29 is 26.7 Å². The summed E-state index contributed by atoms with van der Waals surface area (Å²) in [6.45, 7) is 0.839. The summed E-state index contributed by atoms with van der Waals surface area (Å²) in [5, 5.41) is 11.2. The number of halogens is 6. The SMILES string of the molecule is Cc1[nH]nc(C(F)(F)F)c1NC(=O)Cn1nc(C(F)F)c(Br)c1C1CC1. The fourth-order valence-electron chi connectivity index (χ4n) is 2.58. The third-order valence-electron chi connectivity index (χ3n) is 3.90. The number of anilines is 1. The van der Waals surface area contributed by atoms with Crippen LogP contribution in [0.4, 0.5) is 27.6 Å². The molecule has 0 atom stereocenters. The number of aryl methyl sites for hydroxylation is 1. The number of hydrogen-bond acceptors (Lipinski definition) is 3. The minimum atomic E-state index is -4.75. The van der Waals surface area contributed by atoms with Gasteiger partial charge in [-0.1, -0.05) is 0 Å². The highest BCUT2D eigenvalue weighted by Gasteiger charge is 2.38. The number of nitrogens with zero attached hydrogens (tertiary/aromatic N) is 3. The van der Waals surface area contributed by atoms with Gasteiger partial charge in [-0.05, 0) is 35.7 Å². The molecule has 2 aromatic heterocycles. The topological polar surface area (TPSA) is 75.6 Å². The lowest BCUT2D eigenvalue weighted by molar-refractivity contribution is -0.140. The smallest absolute Gasteiger partial charge is 0.321 e. The van der Waals surface area contributed by atoms with Crippen LogP contribution in [-0.2, 0) is 17.5 Å². The molecule has 12 heteroatoms. The van der Waals surface area contributed by atoms with Crippen molar-refractivity contribution in [3.63, 3.8) is 0 Å². The Hall–Kier alpha value is -1.98. The summed E-state index contributed by atoms with van der Waals surface area (Å²) in [7, 11) is 0. The van der Waals surface area contributed by atoms with E-state index in [1.807, 2.05) is 0 Å². The van der Waals surface area contributed by atoms with Crippen LogP contribution in [0.1, 0.15) is 48.0 Å².